The fourth-order valence-electron chi connectivity index (χ4n) is 4.44. The van der Waals surface area contributed by atoms with E-state index in [0.717, 1.165) is 0 Å². The molecule has 330 valence electrons. The first-order valence-corrected chi connectivity index (χ1v) is 25.6. The Kier molecular flexibility index (Phi) is 17.9. The van der Waals surface area contributed by atoms with Crippen LogP contribution in [-0.4, -0.2) is 158 Å². The molecular weight excluding hydrogens is 952 g/mol. The van der Waals surface area contributed by atoms with Crippen LogP contribution in [0.2, 0.25) is 0 Å². The van der Waals surface area contributed by atoms with Crippen molar-refractivity contribution in [3.05, 3.63) is 0 Å². The van der Waals surface area contributed by atoms with Gasteiger partial charge >= 0.3 is 303 Å². The van der Waals surface area contributed by atoms with Crippen LogP contribution in [0.1, 0.15) is 0 Å². The van der Waals surface area contributed by atoms with Gasteiger partial charge in [0, 0.05) is 0 Å². The van der Waals surface area contributed by atoms with E-state index < -0.39 is 138 Å². The van der Waals surface area contributed by atoms with E-state index in [1.807, 2.05) is 0 Å². The Morgan fingerprint density at radius 1 is 0.400 bits per heavy atom. The number of phosphoric ester groups is 7. The predicted octanol–water partition coefficient (Wildman–Crippen LogP) is -5.17. The topological polar surface area (TPSA) is 565 Å². The Morgan fingerprint density at radius 2 is 0.727 bits per heavy atom. The standard InChI is InChI=1S/C12H32O35P8/c13-48(14,15)37-1-3-5(7(43-51(22,23)24)10(46-54(31,32)33)12(40-3)47-55(34,35)36)41-11-9(45-53(28,29)30)8(44-52(25,26)27)6(42-50(19,20)21)4(39-11)2-38-49(16,17)18/h3-12,22-24,51H,1-2H2,(H2,13,14,15)(H2,16,17,18)(H2,19,20,21)(H2,25,26,27)(H2,28,29,30)(H2,31,32,33)(H2,34,35,36)/t3?,4?,5-,6+,7+,8?,9+,10?,11+,12+/m1/s1. The van der Waals surface area contributed by atoms with Gasteiger partial charge in [0.05, 0.1) is 0 Å². The molecule has 10 atom stereocenters. The van der Waals surface area contributed by atoms with Crippen molar-refractivity contribution in [2.75, 3.05) is 13.2 Å². The minimum absolute atomic E-state index is 1.73. The summed E-state index contributed by atoms with van der Waals surface area (Å²) in [7, 11) is -48.1. The van der Waals surface area contributed by atoms with Gasteiger partial charge in [0.25, 0.3) is 0 Å². The molecule has 0 spiro atoms. The van der Waals surface area contributed by atoms with Crippen LogP contribution in [0.3, 0.4) is 0 Å². The van der Waals surface area contributed by atoms with Crippen LogP contribution >= 0.6 is 62.9 Å². The third-order valence-corrected chi connectivity index (χ3v) is 9.97. The van der Waals surface area contributed by atoms with Crippen molar-refractivity contribution in [1.29, 1.82) is 0 Å². The van der Waals surface area contributed by atoms with Crippen molar-refractivity contribution in [3.63, 3.8) is 0 Å². The zero-order valence-corrected chi connectivity index (χ0v) is 33.0. The summed E-state index contributed by atoms with van der Waals surface area (Å²) < 4.78 is 132. The predicted molar refractivity (Wildman–Crippen MR) is 159 cm³/mol. The summed E-state index contributed by atoms with van der Waals surface area (Å²) in [6, 6.07) is 0. The van der Waals surface area contributed by atoms with Crippen LogP contribution in [-0.2, 0) is 82.4 Å². The summed E-state index contributed by atoms with van der Waals surface area (Å²) in [4.78, 5) is 161. The molecule has 0 radical (unpaired) electrons. The summed E-state index contributed by atoms with van der Waals surface area (Å²) in [6.45, 7) is -3.46. The van der Waals surface area contributed by atoms with Gasteiger partial charge < -0.3 is 0 Å². The Bertz CT molecular complexity index is 1620. The van der Waals surface area contributed by atoms with Crippen LogP contribution < -0.4 is 0 Å². The van der Waals surface area contributed by atoms with E-state index in [0.29, 0.717) is 0 Å². The fraction of sp³-hybridized carbons (Fsp3) is 1.00. The normalized spacial score (nSPS) is 31.4. The first-order valence-electron chi connectivity index (χ1n) is 13.1. The van der Waals surface area contributed by atoms with E-state index in [9.17, 15) is 115 Å². The molecule has 2 heterocycles. The van der Waals surface area contributed by atoms with E-state index in [2.05, 4.69) is 36.2 Å². The summed E-state index contributed by atoms with van der Waals surface area (Å²) in [5.74, 6) is 0. The summed E-state index contributed by atoms with van der Waals surface area (Å²) >= 11 is 0. The number of phosphoric acid groups is 7. The second kappa shape index (κ2) is 18.9. The molecule has 0 bridgehead atoms. The summed E-state index contributed by atoms with van der Waals surface area (Å²) in [5.41, 5.74) is 0. The van der Waals surface area contributed by atoms with Gasteiger partial charge in [0.15, 0.2) is 0 Å². The van der Waals surface area contributed by atoms with E-state index in [-0.39, 0.29) is 0 Å². The zero-order valence-electron chi connectivity index (χ0n) is 25.8. The van der Waals surface area contributed by atoms with Crippen molar-refractivity contribution < 1.29 is 166 Å². The molecule has 0 amide bonds. The molecule has 17 N–H and O–H groups in total. The second-order valence-electron chi connectivity index (χ2n) is 10.3. The van der Waals surface area contributed by atoms with Crippen LogP contribution in [0.4, 0.5) is 0 Å². The van der Waals surface area contributed by atoms with Gasteiger partial charge in [-0.1, -0.05) is 0 Å². The molecule has 55 heavy (non-hydrogen) atoms. The Morgan fingerprint density at radius 3 is 1.09 bits per heavy atom. The third kappa shape index (κ3) is 20.4. The summed E-state index contributed by atoms with van der Waals surface area (Å²) in [5, 5.41) is 0. The number of hydrogen-bond donors (Lipinski definition) is 17. The second-order valence-corrected chi connectivity index (χ2v) is 20.1. The van der Waals surface area contributed by atoms with E-state index in [1.165, 1.54) is 0 Å². The van der Waals surface area contributed by atoms with Gasteiger partial charge in [-0.2, -0.15) is 0 Å². The molecule has 0 aliphatic carbocycles. The SMILES string of the molecule is O=P(O)(O)OCC1O[C@@H](O[C@@H]2C(COP(=O)(O)O)O[C@@H](OP(=O)(O)O)C(OP(=O)(O)O)[C@H]2O[PH](O)(O)O)[C@@H](OP(=O)(O)O)C(OP(=O)(O)O)[C@H]1OP(=O)(O)O. The van der Waals surface area contributed by atoms with Crippen LogP contribution in [0.15, 0.2) is 0 Å². The van der Waals surface area contributed by atoms with Crippen molar-refractivity contribution in [3.8, 4) is 0 Å². The van der Waals surface area contributed by atoms with Gasteiger partial charge in [-0.05, 0) is 0 Å². The molecule has 2 aliphatic heterocycles. The molecule has 0 aromatic heterocycles. The van der Waals surface area contributed by atoms with Crippen LogP contribution in [0.25, 0.3) is 0 Å². The molecule has 0 aromatic rings. The quantitative estimate of drug-likeness (QED) is 0.0507. The molecular formula is C12H32O35P8. The maximum atomic E-state index is 12.0. The maximum absolute atomic E-state index is 12.0. The van der Waals surface area contributed by atoms with Crippen LogP contribution in [0.5, 0.6) is 0 Å². The van der Waals surface area contributed by atoms with Crippen molar-refractivity contribution >= 4 is 62.9 Å². The van der Waals surface area contributed by atoms with E-state index in [4.69, 9.17) is 14.2 Å². The molecule has 43 heteroatoms. The number of ether oxygens (including phenoxy) is 3. The first kappa shape index (κ1) is 52.1. The first-order chi connectivity index (χ1) is 24.2. The molecule has 2 rings (SSSR count). The van der Waals surface area contributed by atoms with Gasteiger partial charge in [0.1, 0.15) is 0 Å². The van der Waals surface area contributed by atoms with E-state index in [1.54, 1.807) is 0 Å². The fourth-order valence-corrected chi connectivity index (χ4v) is 8.40. The van der Waals surface area contributed by atoms with Gasteiger partial charge in [0.2, 0.25) is 0 Å². The molecule has 0 saturated carbocycles. The average Bonchev–Trinajstić information content (AvgIpc) is 2.88. The van der Waals surface area contributed by atoms with Crippen molar-refractivity contribution in [1.82, 2.24) is 0 Å². The number of hydrogen-bond acceptors (Lipinski definition) is 21. The monoisotopic (exact) mass is 984 g/mol. The minimum atomic E-state index is -6.28. The van der Waals surface area contributed by atoms with Gasteiger partial charge in [-0.15, -0.1) is 0 Å². The molecule has 2 saturated heterocycles. The Hall–Kier alpha value is 0.920. The van der Waals surface area contributed by atoms with Gasteiger partial charge in [-0.25, -0.2) is 0 Å². The Labute approximate surface area is 303 Å². The molecule has 4 unspecified atom stereocenters. The van der Waals surface area contributed by atoms with E-state index >= 15 is 0 Å². The average molecular weight is 984 g/mol. The zero-order chi connectivity index (χ0) is 43.0. The van der Waals surface area contributed by atoms with Crippen molar-refractivity contribution in [2.45, 2.75) is 61.4 Å². The number of rotatable bonds is 20. The Balaban J connectivity index is 2.96. The van der Waals surface area contributed by atoms with Crippen molar-refractivity contribution in [2.24, 2.45) is 0 Å². The molecule has 2 aliphatic rings. The molecule has 2 fully saturated rings. The van der Waals surface area contributed by atoms with Crippen LogP contribution in [0, 0.1) is 0 Å². The molecule has 0 aromatic carbocycles. The molecule has 35 nitrogen and oxygen atoms in total. The third-order valence-electron chi connectivity index (χ3n) is 5.86. The summed E-state index contributed by atoms with van der Waals surface area (Å²) in [6.07, 6.45) is -29.7. The van der Waals surface area contributed by atoms with Gasteiger partial charge in [-0.3, -0.25) is 0 Å².